The van der Waals surface area contributed by atoms with Crippen LogP contribution >= 0.6 is 0 Å². The van der Waals surface area contributed by atoms with Gasteiger partial charge >= 0.3 is 6.03 Å². The maximum Gasteiger partial charge on any atom is 0.317 e. The first-order valence-corrected chi connectivity index (χ1v) is 6.44. The number of amides is 2. The minimum absolute atomic E-state index is 0.00653. The smallest absolute Gasteiger partial charge is 0.317 e. The van der Waals surface area contributed by atoms with Crippen molar-refractivity contribution in [3.63, 3.8) is 0 Å². The van der Waals surface area contributed by atoms with Crippen LogP contribution in [-0.2, 0) is 0 Å². The summed E-state index contributed by atoms with van der Waals surface area (Å²) in [7, 11) is 0. The Morgan fingerprint density at radius 1 is 1.71 bits per heavy atom. The van der Waals surface area contributed by atoms with Crippen molar-refractivity contribution in [2.45, 2.75) is 38.6 Å². The van der Waals surface area contributed by atoms with Crippen molar-refractivity contribution < 1.29 is 9.90 Å². The topological polar surface area (TPSA) is 52.6 Å². The molecule has 0 spiro atoms. The largest absolute Gasteiger partial charge is 0.396 e. The van der Waals surface area contributed by atoms with Gasteiger partial charge in [-0.25, -0.2) is 4.79 Å². The minimum Gasteiger partial charge on any atom is -0.396 e. The van der Waals surface area contributed by atoms with E-state index in [0.29, 0.717) is 6.54 Å². The van der Waals surface area contributed by atoms with Gasteiger partial charge in [0.25, 0.3) is 0 Å². The quantitative estimate of drug-likeness (QED) is 0.549. The molecule has 1 aliphatic heterocycles. The number of aliphatic hydroxyl groups excluding tert-OH is 1. The summed E-state index contributed by atoms with van der Waals surface area (Å²) in [6.07, 6.45) is 5.85. The number of hydrogen-bond donors (Lipinski definition) is 2. The highest BCUT2D eigenvalue weighted by atomic mass is 16.3. The first kappa shape index (κ1) is 14.0. The number of hydrogen-bond acceptors (Lipinski definition) is 2. The third-order valence-corrected chi connectivity index (χ3v) is 3.25. The van der Waals surface area contributed by atoms with Gasteiger partial charge in [0, 0.05) is 31.7 Å². The molecule has 1 aliphatic rings. The van der Waals surface area contributed by atoms with Gasteiger partial charge in [0.05, 0.1) is 0 Å². The fourth-order valence-corrected chi connectivity index (χ4v) is 2.11. The Bertz CT molecular complexity index is 256. The van der Waals surface area contributed by atoms with E-state index in [-0.39, 0.29) is 24.6 Å². The highest BCUT2D eigenvalue weighted by Crippen LogP contribution is 2.15. The highest BCUT2D eigenvalue weighted by molar-refractivity contribution is 5.74. The number of rotatable bonds is 6. The molecule has 1 saturated heterocycles. The van der Waals surface area contributed by atoms with Crippen LogP contribution in [0.1, 0.15) is 32.6 Å². The molecule has 0 bridgehead atoms. The molecule has 1 fully saturated rings. The molecule has 2 amide bonds. The average molecular weight is 240 g/mol. The molecule has 2 N–H and O–H groups in total. The van der Waals surface area contributed by atoms with Gasteiger partial charge in [-0.1, -0.05) is 6.08 Å². The third-order valence-electron chi connectivity index (χ3n) is 3.25. The van der Waals surface area contributed by atoms with Crippen LogP contribution in [0.2, 0.25) is 0 Å². The third kappa shape index (κ3) is 4.77. The maximum absolute atomic E-state index is 11.9. The Morgan fingerprint density at radius 2 is 2.47 bits per heavy atom. The summed E-state index contributed by atoms with van der Waals surface area (Å²) in [6, 6.07) is 0.211. The minimum atomic E-state index is 0.00653. The highest BCUT2D eigenvalue weighted by Gasteiger charge is 2.25. The molecule has 17 heavy (non-hydrogen) atoms. The van der Waals surface area contributed by atoms with Crippen molar-refractivity contribution in [2.24, 2.45) is 5.92 Å². The van der Waals surface area contributed by atoms with Crippen LogP contribution in [0.3, 0.4) is 0 Å². The number of allylic oxidation sites excluding steroid dienone is 1. The summed E-state index contributed by atoms with van der Waals surface area (Å²) >= 11 is 0. The number of carbonyl (C=O) groups excluding carboxylic acids is 1. The van der Waals surface area contributed by atoms with Gasteiger partial charge in [-0.05, 0) is 32.6 Å². The predicted octanol–water partition coefficient (Wildman–Crippen LogP) is 1.76. The first-order chi connectivity index (χ1) is 8.17. The lowest BCUT2D eigenvalue weighted by Crippen LogP contribution is -2.42. The first-order valence-electron chi connectivity index (χ1n) is 6.44. The molecule has 98 valence electrons. The van der Waals surface area contributed by atoms with Crippen molar-refractivity contribution in [3.8, 4) is 0 Å². The lowest BCUT2D eigenvalue weighted by molar-refractivity contribution is 0.195. The summed E-state index contributed by atoms with van der Waals surface area (Å²) in [5.41, 5.74) is 0. The zero-order valence-electron chi connectivity index (χ0n) is 10.7. The van der Waals surface area contributed by atoms with E-state index >= 15 is 0 Å². The molecule has 0 aromatic heterocycles. The Labute approximate surface area is 104 Å². The number of likely N-dealkylation sites (tertiary alicyclic amines) is 1. The van der Waals surface area contributed by atoms with E-state index in [0.717, 1.165) is 32.2 Å². The van der Waals surface area contributed by atoms with Crippen molar-refractivity contribution >= 4 is 6.03 Å². The van der Waals surface area contributed by atoms with Gasteiger partial charge in [-0.2, -0.15) is 0 Å². The fourth-order valence-electron chi connectivity index (χ4n) is 2.11. The lowest BCUT2D eigenvalue weighted by Gasteiger charge is -2.20. The van der Waals surface area contributed by atoms with E-state index in [1.54, 1.807) is 4.90 Å². The van der Waals surface area contributed by atoms with Crippen LogP contribution in [-0.4, -0.2) is 41.8 Å². The van der Waals surface area contributed by atoms with E-state index in [1.165, 1.54) is 0 Å². The lowest BCUT2D eigenvalue weighted by atomic mass is 10.1. The molecule has 2 atom stereocenters. The van der Waals surface area contributed by atoms with Gasteiger partial charge in [0.15, 0.2) is 0 Å². The average Bonchev–Trinajstić information content (AvgIpc) is 2.78. The van der Waals surface area contributed by atoms with E-state index < -0.39 is 0 Å². The molecule has 1 heterocycles. The second kappa shape index (κ2) is 7.33. The summed E-state index contributed by atoms with van der Waals surface area (Å²) in [4.78, 5) is 13.7. The molecule has 0 unspecified atom stereocenters. The second-order valence-corrected chi connectivity index (χ2v) is 4.85. The summed E-state index contributed by atoms with van der Waals surface area (Å²) in [5, 5.41) is 12.0. The number of unbranched alkanes of at least 4 members (excludes halogenated alkanes) is 1. The van der Waals surface area contributed by atoms with E-state index in [2.05, 4.69) is 11.9 Å². The molecule has 0 radical (unpaired) electrons. The Morgan fingerprint density at radius 3 is 3.06 bits per heavy atom. The number of nitrogens with one attached hydrogen (secondary N) is 1. The molecule has 1 rings (SSSR count). The van der Waals surface area contributed by atoms with Crippen molar-refractivity contribution in [3.05, 3.63) is 12.7 Å². The van der Waals surface area contributed by atoms with Crippen LogP contribution in [0.5, 0.6) is 0 Å². The van der Waals surface area contributed by atoms with Gasteiger partial charge < -0.3 is 15.3 Å². The Kier molecular flexibility index (Phi) is 6.05. The van der Waals surface area contributed by atoms with Crippen LogP contribution in [0.25, 0.3) is 0 Å². The van der Waals surface area contributed by atoms with E-state index in [4.69, 9.17) is 5.11 Å². The van der Waals surface area contributed by atoms with Crippen molar-refractivity contribution in [2.75, 3.05) is 19.7 Å². The maximum atomic E-state index is 11.9. The zero-order valence-corrected chi connectivity index (χ0v) is 10.7. The van der Waals surface area contributed by atoms with Crippen molar-refractivity contribution in [1.29, 1.82) is 0 Å². The molecule has 0 aliphatic carbocycles. The van der Waals surface area contributed by atoms with E-state index in [1.807, 2.05) is 13.0 Å². The molecular formula is C13H24N2O2. The van der Waals surface area contributed by atoms with Gasteiger partial charge in [0.1, 0.15) is 0 Å². The van der Waals surface area contributed by atoms with Gasteiger partial charge in [-0.3, -0.25) is 0 Å². The van der Waals surface area contributed by atoms with Crippen LogP contribution < -0.4 is 5.32 Å². The van der Waals surface area contributed by atoms with Gasteiger partial charge in [0.2, 0.25) is 0 Å². The van der Waals surface area contributed by atoms with Crippen LogP contribution in [0, 0.1) is 5.92 Å². The molecule has 0 saturated carbocycles. The molecule has 0 aromatic rings. The monoisotopic (exact) mass is 240 g/mol. The Balaban J connectivity index is 2.22. The molecule has 0 aromatic carbocycles. The number of urea groups is 1. The summed E-state index contributed by atoms with van der Waals surface area (Å²) in [6.45, 7) is 7.33. The number of nitrogens with zero attached hydrogens (tertiary/aromatic N) is 1. The fraction of sp³-hybridized carbons (Fsp3) is 0.769. The van der Waals surface area contributed by atoms with Gasteiger partial charge in [-0.15, -0.1) is 6.58 Å². The summed E-state index contributed by atoms with van der Waals surface area (Å²) in [5.74, 6) is 0.261. The molecule has 4 nitrogen and oxygen atoms in total. The van der Waals surface area contributed by atoms with Crippen LogP contribution in [0.4, 0.5) is 4.79 Å². The van der Waals surface area contributed by atoms with Crippen LogP contribution in [0.15, 0.2) is 12.7 Å². The molecule has 4 heteroatoms. The second-order valence-electron chi connectivity index (χ2n) is 4.85. The predicted molar refractivity (Wildman–Crippen MR) is 68.8 cm³/mol. The SMILES string of the molecule is C=CCCC[C@@H](C)NC(=O)N1CC[C@H](CO)C1. The normalized spacial score (nSPS) is 21.3. The number of carbonyl (C=O) groups is 1. The Hall–Kier alpha value is -1.03. The molecular weight excluding hydrogens is 216 g/mol. The van der Waals surface area contributed by atoms with Crippen molar-refractivity contribution in [1.82, 2.24) is 10.2 Å². The summed E-state index contributed by atoms with van der Waals surface area (Å²) < 4.78 is 0. The number of aliphatic hydroxyl groups is 1. The standard InChI is InChI=1S/C13H24N2O2/c1-3-4-5-6-11(2)14-13(17)15-8-7-12(9-15)10-16/h3,11-12,16H,1,4-10H2,2H3,(H,14,17)/t11-,12+/m1/s1. The zero-order chi connectivity index (χ0) is 12.7. The van der Waals surface area contributed by atoms with E-state index in [9.17, 15) is 4.79 Å².